The van der Waals surface area contributed by atoms with E-state index in [0.717, 1.165) is 25.9 Å². The molecule has 1 atom stereocenters. The van der Waals surface area contributed by atoms with E-state index in [-0.39, 0.29) is 29.8 Å². The molecule has 7 heteroatoms. The molecule has 2 rings (SSSR count). The van der Waals surface area contributed by atoms with Crippen LogP contribution in [-0.4, -0.2) is 41.7 Å². The van der Waals surface area contributed by atoms with Gasteiger partial charge >= 0.3 is 0 Å². The molecule has 1 unspecified atom stereocenters. The first kappa shape index (κ1) is 19.2. The predicted molar refractivity (Wildman–Crippen MR) is 97.0 cm³/mol. The Morgan fingerprint density at radius 1 is 1.44 bits per heavy atom. The van der Waals surface area contributed by atoms with Gasteiger partial charge in [-0.3, -0.25) is 14.9 Å². The lowest BCUT2D eigenvalue weighted by molar-refractivity contribution is -0.384. The minimum Gasteiger partial charge on any atom is -0.396 e. The van der Waals surface area contributed by atoms with Gasteiger partial charge in [-0.1, -0.05) is 13.8 Å². The van der Waals surface area contributed by atoms with Crippen molar-refractivity contribution in [3.05, 3.63) is 33.9 Å². The summed E-state index contributed by atoms with van der Waals surface area (Å²) in [6, 6.07) is 4.53. The molecule has 25 heavy (non-hydrogen) atoms. The maximum absolute atomic E-state index is 12.4. The average Bonchev–Trinajstić information content (AvgIpc) is 2.61. The van der Waals surface area contributed by atoms with Crippen LogP contribution in [0.5, 0.6) is 0 Å². The second kappa shape index (κ2) is 8.80. The van der Waals surface area contributed by atoms with E-state index in [1.807, 2.05) is 11.8 Å². The molecule has 1 aliphatic heterocycles. The van der Waals surface area contributed by atoms with Crippen molar-refractivity contribution < 1.29 is 14.8 Å². The van der Waals surface area contributed by atoms with E-state index in [2.05, 4.69) is 12.2 Å². The Hall–Kier alpha value is -2.15. The summed E-state index contributed by atoms with van der Waals surface area (Å²) < 4.78 is 0. The van der Waals surface area contributed by atoms with Gasteiger partial charge in [0.05, 0.1) is 4.92 Å². The van der Waals surface area contributed by atoms with Crippen molar-refractivity contribution in [2.24, 2.45) is 5.92 Å². The summed E-state index contributed by atoms with van der Waals surface area (Å²) in [5.74, 6) is 0.292. The van der Waals surface area contributed by atoms with E-state index >= 15 is 0 Å². The SMILES string of the molecule is CCC(CCO)NC(=O)c1ccc(N2CCC(C)CC2)c([N+](=O)[O-])c1. The number of nitro groups is 1. The van der Waals surface area contributed by atoms with E-state index in [4.69, 9.17) is 5.11 Å². The number of benzene rings is 1. The molecular formula is C18H27N3O4. The molecule has 0 aromatic heterocycles. The lowest BCUT2D eigenvalue weighted by atomic mass is 9.98. The Balaban J connectivity index is 2.20. The largest absolute Gasteiger partial charge is 0.396 e. The minimum atomic E-state index is -0.421. The molecule has 2 N–H and O–H groups in total. The number of nitrogens with zero attached hydrogens (tertiary/aromatic N) is 2. The number of anilines is 1. The third-order valence-electron chi connectivity index (χ3n) is 4.86. The van der Waals surface area contributed by atoms with E-state index in [9.17, 15) is 14.9 Å². The molecule has 0 spiro atoms. The Bertz CT molecular complexity index is 612. The van der Waals surface area contributed by atoms with Crippen molar-refractivity contribution >= 4 is 17.3 Å². The van der Waals surface area contributed by atoms with Crippen LogP contribution in [-0.2, 0) is 0 Å². The van der Waals surface area contributed by atoms with Crippen LogP contribution >= 0.6 is 0 Å². The molecule has 1 aliphatic rings. The zero-order valence-electron chi connectivity index (χ0n) is 14.9. The highest BCUT2D eigenvalue weighted by atomic mass is 16.6. The number of hydrogen-bond donors (Lipinski definition) is 2. The van der Waals surface area contributed by atoms with Crippen LogP contribution in [0.25, 0.3) is 0 Å². The van der Waals surface area contributed by atoms with Crippen LogP contribution in [0.1, 0.15) is 49.9 Å². The molecule has 0 aliphatic carbocycles. The fourth-order valence-electron chi connectivity index (χ4n) is 3.13. The summed E-state index contributed by atoms with van der Waals surface area (Å²) >= 11 is 0. The zero-order valence-corrected chi connectivity index (χ0v) is 14.9. The van der Waals surface area contributed by atoms with Gasteiger partial charge in [-0.15, -0.1) is 0 Å². The number of amides is 1. The zero-order chi connectivity index (χ0) is 18.4. The van der Waals surface area contributed by atoms with Crippen LogP contribution in [0.15, 0.2) is 18.2 Å². The van der Waals surface area contributed by atoms with Gasteiger partial charge in [-0.2, -0.15) is 0 Å². The first-order chi connectivity index (χ1) is 12.0. The number of carbonyl (C=O) groups is 1. The third kappa shape index (κ3) is 4.92. The Kier molecular flexibility index (Phi) is 6.75. The van der Waals surface area contributed by atoms with E-state index in [1.165, 1.54) is 6.07 Å². The molecule has 0 radical (unpaired) electrons. The second-order valence-electron chi connectivity index (χ2n) is 6.72. The number of nitrogens with one attached hydrogen (secondary N) is 1. The van der Waals surface area contributed by atoms with Crippen LogP contribution in [0.4, 0.5) is 11.4 Å². The fourth-order valence-corrected chi connectivity index (χ4v) is 3.13. The highest BCUT2D eigenvalue weighted by Gasteiger charge is 2.25. The maximum atomic E-state index is 12.4. The molecule has 138 valence electrons. The summed E-state index contributed by atoms with van der Waals surface area (Å²) in [4.78, 5) is 25.5. The summed E-state index contributed by atoms with van der Waals surface area (Å²) in [5.41, 5.74) is 0.825. The number of hydrogen-bond acceptors (Lipinski definition) is 5. The molecule has 1 heterocycles. The predicted octanol–water partition coefficient (Wildman–Crippen LogP) is 2.72. The summed E-state index contributed by atoms with van der Waals surface area (Å²) in [6.07, 6.45) is 3.18. The summed E-state index contributed by atoms with van der Waals surface area (Å²) in [5, 5.41) is 23.3. The van der Waals surface area contributed by atoms with E-state index < -0.39 is 4.92 Å². The second-order valence-corrected chi connectivity index (χ2v) is 6.72. The molecule has 1 fully saturated rings. The lowest BCUT2D eigenvalue weighted by Crippen LogP contribution is -2.35. The van der Waals surface area contributed by atoms with Crippen molar-refractivity contribution in [3.63, 3.8) is 0 Å². The third-order valence-corrected chi connectivity index (χ3v) is 4.86. The van der Waals surface area contributed by atoms with Gasteiger partial charge in [0.25, 0.3) is 11.6 Å². The van der Waals surface area contributed by atoms with Crippen molar-refractivity contribution in [1.29, 1.82) is 0 Å². The highest BCUT2D eigenvalue weighted by molar-refractivity contribution is 5.96. The Labute approximate surface area is 148 Å². The molecule has 1 aromatic rings. The van der Waals surface area contributed by atoms with Crippen molar-refractivity contribution in [3.8, 4) is 0 Å². The first-order valence-electron chi connectivity index (χ1n) is 8.91. The van der Waals surface area contributed by atoms with Gasteiger partial charge in [0.2, 0.25) is 0 Å². The van der Waals surface area contributed by atoms with Gasteiger partial charge < -0.3 is 15.3 Å². The van der Waals surface area contributed by atoms with Crippen molar-refractivity contribution in [2.75, 3.05) is 24.6 Å². The van der Waals surface area contributed by atoms with Crippen molar-refractivity contribution in [2.45, 2.75) is 45.6 Å². The first-order valence-corrected chi connectivity index (χ1v) is 8.91. The number of aliphatic hydroxyl groups is 1. The quantitative estimate of drug-likeness (QED) is 0.583. The molecule has 1 amide bonds. The summed E-state index contributed by atoms with van der Waals surface area (Å²) in [6.45, 7) is 5.69. The molecule has 7 nitrogen and oxygen atoms in total. The fraction of sp³-hybridized carbons (Fsp3) is 0.611. The van der Waals surface area contributed by atoms with Crippen LogP contribution < -0.4 is 10.2 Å². The monoisotopic (exact) mass is 349 g/mol. The number of piperidine rings is 1. The maximum Gasteiger partial charge on any atom is 0.293 e. The highest BCUT2D eigenvalue weighted by Crippen LogP contribution is 2.32. The van der Waals surface area contributed by atoms with E-state index in [0.29, 0.717) is 24.4 Å². The lowest BCUT2D eigenvalue weighted by Gasteiger charge is -2.31. The normalized spacial score (nSPS) is 16.5. The van der Waals surface area contributed by atoms with Gasteiger partial charge in [-0.25, -0.2) is 0 Å². The molecule has 0 bridgehead atoms. The van der Waals surface area contributed by atoms with Crippen molar-refractivity contribution in [1.82, 2.24) is 5.32 Å². The number of nitro benzene ring substituents is 1. The van der Waals surface area contributed by atoms with Gasteiger partial charge in [0.15, 0.2) is 0 Å². The minimum absolute atomic E-state index is 0.00868. The van der Waals surface area contributed by atoms with Gasteiger partial charge in [-0.05, 0) is 43.7 Å². The smallest absolute Gasteiger partial charge is 0.293 e. The topological polar surface area (TPSA) is 95.7 Å². The van der Waals surface area contributed by atoms with Crippen LogP contribution in [0.3, 0.4) is 0 Å². The van der Waals surface area contributed by atoms with Crippen LogP contribution in [0, 0.1) is 16.0 Å². The van der Waals surface area contributed by atoms with Crippen LogP contribution in [0.2, 0.25) is 0 Å². The van der Waals surface area contributed by atoms with E-state index in [1.54, 1.807) is 12.1 Å². The Morgan fingerprint density at radius 3 is 2.68 bits per heavy atom. The average molecular weight is 349 g/mol. The van der Waals surface area contributed by atoms with Gasteiger partial charge in [0, 0.05) is 37.4 Å². The number of rotatable bonds is 7. The van der Waals surface area contributed by atoms with Gasteiger partial charge in [0.1, 0.15) is 5.69 Å². The molecule has 1 saturated heterocycles. The summed E-state index contributed by atoms with van der Waals surface area (Å²) in [7, 11) is 0. The molecule has 1 aromatic carbocycles. The Morgan fingerprint density at radius 2 is 2.12 bits per heavy atom. The molecule has 0 saturated carbocycles. The number of aliphatic hydroxyl groups excluding tert-OH is 1. The number of carbonyl (C=O) groups excluding carboxylic acids is 1. The standard InChI is InChI=1S/C18H27N3O4/c1-3-15(8-11-22)19-18(23)14-4-5-16(17(12-14)21(24)25)20-9-6-13(2)7-10-20/h4-5,12-13,15,22H,3,6-11H2,1-2H3,(H,19,23). The molecular weight excluding hydrogens is 322 g/mol.